The van der Waals surface area contributed by atoms with E-state index in [1.54, 1.807) is 75.4 Å². The number of aromatic amines is 1. The van der Waals surface area contributed by atoms with Gasteiger partial charge in [0.05, 0.1) is 11.6 Å². The van der Waals surface area contributed by atoms with Gasteiger partial charge in [0.15, 0.2) is 0 Å². The van der Waals surface area contributed by atoms with E-state index in [0.29, 0.717) is 45.8 Å². The summed E-state index contributed by atoms with van der Waals surface area (Å²) in [5, 5.41) is 22.7. The minimum Gasteiger partial charge on any atom is -0.489 e. The quantitative estimate of drug-likeness (QED) is 0.212. The average molecular weight is 573 g/mol. The van der Waals surface area contributed by atoms with E-state index in [9.17, 15) is 19.5 Å². The molecule has 41 heavy (non-hydrogen) atoms. The minimum absolute atomic E-state index is 0.0287. The Morgan fingerprint density at radius 1 is 1.10 bits per heavy atom. The van der Waals surface area contributed by atoms with Crippen molar-refractivity contribution in [3.05, 3.63) is 99.7 Å². The van der Waals surface area contributed by atoms with Gasteiger partial charge in [0.2, 0.25) is 12.3 Å². The lowest BCUT2D eigenvalue weighted by Gasteiger charge is -2.31. The van der Waals surface area contributed by atoms with E-state index in [1.165, 1.54) is 4.90 Å². The SMILES string of the molecule is CC(C)(C)NC(=O)C(c1c(C(=O)O)[nH]c2cc(Cl)ccc12)N(C=O)Cc1ccc(OCc2ccc(C#N)cc2)cc1. The molecule has 1 atom stereocenters. The van der Waals surface area contributed by atoms with Gasteiger partial charge >= 0.3 is 5.97 Å². The van der Waals surface area contributed by atoms with Crippen molar-refractivity contribution in [1.29, 1.82) is 5.26 Å². The topological polar surface area (TPSA) is 136 Å². The second kappa shape index (κ2) is 12.1. The number of rotatable bonds is 10. The number of benzene rings is 3. The maximum Gasteiger partial charge on any atom is 0.352 e. The van der Waals surface area contributed by atoms with Gasteiger partial charge in [0.25, 0.3) is 0 Å². The number of halogens is 1. The zero-order valence-electron chi connectivity index (χ0n) is 22.8. The fourth-order valence-electron chi connectivity index (χ4n) is 4.46. The number of H-pyrrole nitrogens is 1. The molecule has 0 fully saturated rings. The largest absolute Gasteiger partial charge is 0.489 e. The van der Waals surface area contributed by atoms with Crippen molar-refractivity contribution in [2.45, 2.75) is 45.5 Å². The Labute approximate surface area is 242 Å². The molecule has 0 saturated heterocycles. The first-order valence-corrected chi connectivity index (χ1v) is 13.1. The van der Waals surface area contributed by atoms with Crippen molar-refractivity contribution in [2.24, 2.45) is 0 Å². The van der Waals surface area contributed by atoms with Crippen LogP contribution in [0.15, 0.2) is 66.7 Å². The number of hydrogen-bond acceptors (Lipinski definition) is 5. The molecule has 0 spiro atoms. The highest BCUT2D eigenvalue weighted by molar-refractivity contribution is 6.31. The van der Waals surface area contributed by atoms with Crippen LogP contribution in [0.2, 0.25) is 5.02 Å². The Morgan fingerprint density at radius 2 is 1.76 bits per heavy atom. The van der Waals surface area contributed by atoms with Crippen LogP contribution >= 0.6 is 11.6 Å². The summed E-state index contributed by atoms with van der Waals surface area (Å²) in [5.41, 5.74) is 1.94. The summed E-state index contributed by atoms with van der Waals surface area (Å²) in [6.45, 7) is 5.74. The number of ether oxygens (including phenoxy) is 1. The Balaban J connectivity index is 1.63. The molecule has 210 valence electrons. The highest BCUT2D eigenvalue weighted by Gasteiger charge is 2.35. The lowest BCUT2D eigenvalue weighted by molar-refractivity contribution is -0.134. The van der Waals surface area contributed by atoms with E-state index < -0.39 is 23.5 Å². The molecule has 2 amide bonds. The molecule has 0 saturated carbocycles. The van der Waals surface area contributed by atoms with Crippen molar-refractivity contribution in [2.75, 3.05) is 0 Å². The van der Waals surface area contributed by atoms with Crippen LogP contribution in [0.3, 0.4) is 0 Å². The molecule has 0 bridgehead atoms. The van der Waals surface area contributed by atoms with Crippen molar-refractivity contribution in [3.63, 3.8) is 0 Å². The summed E-state index contributed by atoms with van der Waals surface area (Å²) in [7, 11) is 0. The summed E-state index contributed by atoms with van der Waals surface area (Å²) in [4.78, 5) is 42.5. The van der Waals surface area contributed by atoms with E-state index in [4.69, 9.17) is 21.6 Å². The van der Waals surface area contributed by atoms with Crippen LogP contribution in [-0.2, 0) is 22.7 Å². The molecular weight excluding hydrogens is 544 g/mol. The van der Waals surface area contributed by atoms with Crippen LogP contribution in [0.1, 0.15) is 59.6 Å². The van der Waals surface area contributed by atoms with E-state index in [-0.39, 0.29) is 17.8 Å². The maximum atomic E-state index is 13.7. The van der Waals surface area contributed by atoms with Gasteiger partial charge in [-0.15, -0.1) is 0 Å². The number of carboxylic acids is 1. The summed E-state index contributed by atoms with van der Waals surface area (Å²) >= 11 is 6.13. The molecule has 3 N–H and O–H groups in total. The average Bonchev–Trinajstić information content (AvgIpc) is 3.30. The maximum absolute atomic E-state index is 13.7. The number of carbonyl (C=O) groups is 3. The highest BCUT2D eigenvalue weighted by Crippen LogP contribution is 2.34. The predicted octanol–water partition coefficient (Wildman–Crippen LogP) is 5.58. The molecule has 0 aliphatic rings. The molecule has 3 aromatic carbocycles. The normalized spacial score (nSPS) is 11.9. The summed E-state index contributed by atoms with van der Waals surface area (Å²) in [6.07, 6.45) is 0.544. The number of hydrogen-bond donors (Lipinski definition) is 3. The Hall–Kier alpha value is -4.81. The third-order valence-electron chi connectivity index (χ3n) is 6.28. The predicted molar refractivity (Wildman–Crippen MR) is 154 cm³/mol. The van der Waals surface area contributed by atoms with Crippen LogP contribution in [0.5, 0.6) is 5.75 Å². The van der Waals surface area contributed by atoms with Gasteiger partial charge in [-0.3, -0.25) is 9.59 Å². The number of fused-ring (bicyclic) bond motifs is 1. The molecule has 0 radical (unpaired) electrons. The third kappa shape index (κ3) is 7.04. The van der Waals surface area contributed by atoms with E-state index in [1.807, 2.05) is 12.1 Å². The first kappa shape index (κ1) is 29.2. The van der Waals surface area contributed by atoms with Gasteiger partial charge in [-0.2, -0.15) is 5.26 Å². The van der Waals surface area contributed by atoms with Gasteiger partial charge in [-0.05, 0) is 68.3 Å². The van der Waals surface area contributed by atoms with Gasteiger partial charge in [-0.1, -0.05) is 41.9 Å². The second-order valence-electron chi connectivity index (χ2n) is 10.6. The molecule has 1 aromatic heterocycles. The van der Waals surface area contributed by atoms with E-state index in [0.717, 1.165) is 5.56 Å². The fourth-order valence-corrected chi connectivity index (χ4v) is 4.64. The van der Waals surface area contributed by atoms with Gasteiger partial charge in [0, 0.05) is 33.6 Å². The number of aromatic nitrogens is 1. The van der Waals surface area contributed by atoms with Gasteiger partial charge < -0.3 is 25.0 Å². The smallest absolute Gasteiger partial charge is 0.352 e. The van der Waals surface area contributed by atoms with Crippen molar-refractivity contribution in [1.82, 2.24) is 15.2 Å². The molecule has 0 aliphatic carbocycles. The number of aromatic carboxylic acids is 1. The summed E-state index contributed by atoms with van der Waals surface area (Å²) in [5.74, 6) is -1.19. The number of nitrogens with zero attached hydrogens (tertiary/aromatic N) is 2. The van der Waals surface area contributed by atoms with E-state index >= 15 is 0 Å². The van der Waals surface area contributed by atoms with Crippen molar-refractivity contribution < 1.29 is 24.2 Å². The lowest BCUT2D eigenvalue weighted by Crippen LogP contribution is -2.47. The van der Waals surface area contributed by atoms with Gasteiger partial charge in [0.1, 0.15) is 24.1 Å². The molecule has 1 unspecified atom stereocenters. The monoisotopic (exact) mass is 572 g/mol. The molecule has 4 aromatic rings. The minimum atomic E-state index is -1.27. The Kier molecular flexibility index (Phi) is 8.65. The first-order valence-electron chi connectivity index (χ1n) is 12.8. The lowest BCUT2D eigenvalue weighted by atomic mass is 9.98. The molecule has 1 heterocycles. The molecular formula is C31H29ClN4O5. The standard InChI is InChI=1S/C31H29ClN4O5/c1-31(2,3)35-29(38)28(26-24-13-10-22(32)14-25(24)34-27(26)30(39)40)36(18-37)16-20-8-11-23(12-9-20)41-17-21-6-4-19(15-33)5-7-21/h4-14,18,28,34H,16-17H2,1-3H3,(H,35,38)(H,39,40). The molecule has 10 heteroatoms. The van der Waals surface area contributed by atoms with Crippen LogP contribution in [0.25, 0.3) is 10.9 Å². The molecule has 0 aliphatic heterocycles. The summed E-state index contributed by atoms with van der Waals surface area (Å²) < 4.78 is 5.84. The van der Waals surface area contributed by atoms with Crippen molar-refractivity contribution in [3.8, 4) is 11.8 Å². The number of amides is 2. The van der Waals surface area contributed by atoms with Crippen LogP contribution < -0.4 is 10.1 Å². The van der Waals surface area contributed by atoms with Crippen LogP contribution in [0.4, 0.5) is 0 Å². The number of carbonyl (C=O) groups excluding carboxylic acids is 2. The van der Waals surface area contributed by atoms with Crippen LogP contribution in [-0.4, -0.2) is 38.8 Å². The van der Waals surface area contributed by atoms with Crippen molar-refractivity contribution >= 4 is 40.8 Å². The number of nitriles is 1. The second-order valence-corrected chi connectivity index (χ2v) is 11.0. The zero-order chi connectivity index (χ0) is 29.7. The first-order chi connectivity index (χ1) is 19.5. The third-order valence-corrected chi connectivity index (χ3v) is 6.51. The zero-order valence-corrected chi connectivity index (χ0v) is 23.5. The Bertz CT molecular complexity index is 1620. The Morgan fingerprint density at radius 3 is 2.34 bits per heavy atom. The van der Waals surface area contributed by atoms with E-state index in [2.05, 4.69) is 16.4 Å². The summed E-state index contributed by atoms with van der Waals surface area (Å²) in [6, 6.07) is 19.8. The fraction of sp³-hybridized carbons (Fsp3) is 0.226. The number of carboxylic acid groups (broad SMARTS) is 1. The number of nitrogens with one attached hydrogen (secondary N) is 2. The van der Waals surface area contributed by atoms with Crippen LogP contribution in [0, 0.1) is 11.3 Å². The molecule has 9 nitrogen and oxygen atoms in total. The molecule has 4 rings (SSSR count). The highest BCUT2D eigenvalue weighted by atomic mass is 35.5. The van der Waals surface area contributed by atoms with Gasteiger partial charge in [-0.25, -0.2) is 4.79 Å².